The van der Waals surface area contributed by atoms with Crippen LogP contribution in [0.1, 0.15) is 84.5 Å². The molecule has 6 atom stereocenters. The molecule has 60 heavy (non-hydrogen) atoms. The largest absolute Gasteiger partial charge is 0.370 e. The van der Waals surface area contributed by atoms with Crippen LogP contribution >= 0.6 is 11.8 Å². The van der Waals surface area contributed by atoms with Gasteiger partial charge < -0.3 is 59.7 Å². The summed E-state index contributed by atoms with van der Waals surface area (Å²) in [6.45, 7) is 2.55. The van der Waals surface area contributed by atoms with Gasteiger partial charge in [-0.15, -0.1) is 0 Å². The Kier molecular flexibility index (Phi) is 23.2. The number of unbranched alkanes of at least 4 members (excludes halogenated alkanes) is 2. The van der Waals surface area contributed by atoms with Gasteiger partial charge in [-0.05, 0) is 57.3 Å². The molecule has 10 amide bonds. The van der Waals surface area contributed by atoms with Gasteiger partial charge >= 0.3 is 6.03 Å². The van der Waals surface area contributed by atoms with E-state index in [1.807, 2.05) is 25.6 Å². The van der Waals surface area contributed by atoms with Gasteiger partial charge in [-0.1, -0.05) is 20.3 Å². The number of thioether (sulfide) groups is 1. The molecule has 0 radical (unpaired) electrons. The fourth-order valence-corrected chi connectivity index (χ4v) is 8.12. The molecule has 2 aliphatic rings. The molecule has 2 saturated heterocycles. The fourth-order valence-electron chi connectivity index (χ4n) is 6.58. The zero-order chi connectivity index (χ0) is 44.6. The molecule has 2 rings (SSSR count). The Balaban J connectivity index is 1.71. The van der Waals surface area contributed by atoms with E-state index < -0.39 is 79.0 Å². The van der Waals surface area contributed by atoms with Crippen LogP contribution in [0.4, 0.5) is 4.79 Å². The number of hydrogen-bond acceptors (Lipinski definition) is 12. The number of amides is 10. The van der Waals surface area contributed by atoms with Gasteiger partial charge in [0.25, 0.3) is 0 Å². The lowest BCUT2D eigenvalue weighted by Gasteiger charge is -2.20. The Hall–Kier alpha value is -5.39. The van der Waals surface area contributed by atoms with E-state index in [2.05, 4.69) is 47.5 Å². The summed E-state index contributed by atoms with van der Waals surface area (Å²) >= 11 is 1.83. The number of hydrogen-bond donors (Lipinski definition) is 13. The Morgan fingerprint density at radius 3 is 2.08 bits per heavy atom. The predicted octanol–water partition coefficient (Wildman–Crippen LogP) is -3.59. The third-order valence-corrected chi connectivity index (χ3v) is 11.1. The van der Waals surface area contributed by atoms with E-state index in [-0.39, 0.29) is 68.1 Å². The molecule has 0 bridgehead atoms. The van der Waals surface area contributed by atoms with Crippen molar-refractivity contribution >= 4 is 71.0 Å². The van der Waals surface area contributed by atoms with Crippen molar-refractivity contribution in [3.05, 3.63) is 0 Å². The minimum Gasteiger partial charge on any atom is -0.370 e. The van der Waals surface area contributed by atoms with Crippen molar-refractivity contribution in [2.45, 2.75) is 114 Å². The zero-order valence-corrected chi connectivity index (χ0v) is 35.1. The third kappa shape index (κ3) is 20.5. The molecule has 1 unspecified atom stereocenters. The van der Waals surface area contributed by atoms with Gasteiger partial charge in [-0.25, -0.2) is 10.3 Å². The van der Waals surface area contributed by atoms with E-state index in [0.29, 0.717) is 37.5 Å². The number of urea groups is 1. The Morgan fingerprint density at radius 2 is 1.42 bits per heavy atom. The SMILES string of the molecule is CC(C)CC(CC(=O)NO)C(=O)NCC(=O)N[C@@H](CCCN=C(N)N)C(=O)NCC(=O)NCC(=O)N[C@@H](CCCCNC(=O)CCCC[C@@H]1SC[C@@H]2NC(=O)N[C@@H]21)C(N)=O. The van der Waals surface area contributed by atoms with E-state index >= 15 is 0 Å². The van der Waals surface area contributed by atoms with Gasteiger partial charge in [0.15, 0.2) is 5.96 Å². The van der Waals surface area contributed by atoms with E-state index in [4.69, 9.17) is 22.4 Å². The van der Waals surface area contributed by atoms with Crippen LogP contribution in [-0.4, -0.2) is 132 Å². The monoisotopic (exact) mass is 869 g/mol. The van der Waals surface area contributed by atoms with Crippen LogP contribution in [0.15, 0.2) is 4.99 Å². The highest BCUT2D eigenvalue weighted by Gasteiger charge is 2.42. The average Bonchev–Trinajstić information content (AvgIpc) is 3.75. The Morgan fingerprint density at radius 1 is 0.767 bits per heavy atom. The molecule has 23 nitrogen and oxygen atoms in total. The summed E-state index contributed by atoms with van der Waals surface area (Å²) in [5.74, 6) is -5.26. The number of nitrogens with two attached hydrogens (primary N) is 3. The topological polar surface area (TPSA) is 373 Å². The lowest BCUT2D eigenvalue weighted by atomic mass is 9.93. The molecule has 0 spiro atoms. The minimum atomic E-state index is -1.17. The molecule has 16 N–H and O–H groups in total. The standard InChI is InChI=1S/C36H63N13O10S/c1-20(2)14-21(15-27(51)49-59)33(56)43-18-30(54)46-23(9-7-13-41-35(38)39)34(57)44-16-28(52)42-17-29(53)45-22(32(37)55)8-5-6-12-40-26(50)11-4-3-10-25-31-24(19-60-25)47-36(58)48-31/h20-25,31,59H,3-19H2,1-2H3,(H2,37,55)(H,40,50)(H,42,52)(H,43,56)(H,44,57)(H,45,53)(H,46,54)(H,49,51)(H4,38,39,41)(H2,47,48,58)/t21?,22-,23-,24-,25-,31-/m0/s1. The van der Waals surface area contributed by atoms with E-state index in [9.17, 15) is 43.2 Å². The highest BCUT2D eigenvalue weighted by atomic mass is 32.2. The normalized spacial score (nSPS) is 18.0. The second-order valence-corrected chi connectivity index (χ2v) is 16.4. The lowest BCUT2D eigenvalue weighted by molar-refractivity contribution is -0.136. The highest BCUT2D eigenvalue weighted by Crippen LogP contribution is 2.33. The number of hydroxylamine groups is 1. The van der Waals surface area contributed by atoms with Crippen LogP contribution in [0, 0.1) is 11.8 Å². The first kappa shape index (κ1) is 50.8. The quantitative estimate of drug-likeness (QED) is 0.00865. The number of nitrogens with zero attached hydrogens (tertiary/aromatic N) is 1. The number of fused-ring (bicyclic) bond motifs is 1. The smallest absolute Gasteiger partial charge is 0.315 e. The van der Waals surface area contributed by atoms with E-state index in [0.717, 1.165) is 25.0 Å². The molecule has 2 heterocycles. The number of nitrogens with one attached hydrogen (secondary N) is 9. The summed E-state index contributed by atoms with van der Waals surface area (Å²) in [5, 5.41) is 30.0. The maximum Gasteiger partial charge on any atom is 0.315 e. The van der Waals surface area contributed by atoms with Crippen LogP contribution in [0.25, 0.3) is 0 Å². The molecule has 2 fully saturated rings. The maximum absolute atomic E-state index is 13.0. The molecule has 24 heteroatoms. The molecule has 0 aromatic rings. The van der Waals surface area contributed by atoms with Crippen molar-refractivity contribution in [1.82, 2.24) is 48.0 Å². The van der Waals surface area contributed by atoms with E-state index in [1.165, 1.54) is 5.48 Å². The van der Waals surface area contributed by atoms with Gasteiger partial charge in [-0.3, -0.25) is 48.6 Å². The first-order chi connectivity index (χ1) is 28.5. The van der Waals surface area contributed by atoms with Crippen molar-refractivity contribution in [3.8, 4) is 0 Å². The number of guanidine groups is 1. The van der Waals surface area contributed by atoms with Gasteiger partial charge in [-0.2, -0.15) is 11.8 Å². The molecule has 338 valence electrons. The van der Waals surface area contributed by atoms with Gasteiger partial charge in [0.1, 0.15) is 12.1 Å². The Bertz CT molecular complexity index is 1530. The van der Waals surface area contributed by atoms with E-state index in [1.54, 1.807) is 0 Å². The summed E-state index contributed by atoms with van der Waals surface area (Å²) < 4.78 is 0. The van der Waals surface area contributed by atoms with Gasteiger partial charge in [0.05, 0.1) is 31.7 Å². The second kappa shape index (κ2) is 27.4. The third-order valence-electron chi connectivity index (χ3n) is 9.57. The molecule has 0 aromatic carbocycles. The molecular formula is C36H63N13O10S. The summed E-state index contributed by atoms with van der Waals surface area (Å²) in [4.78, 5) is 115. The summed E-state index contributed by atoms with van der Waals surface area (Å²) in [6, 6.07) is -2.02. The van der Waals surface area contributed by atoms with Crippen LogP contribution in [0.3, 0.4) is 0 Å². The van der Waals surface area contributed by atoms with Crippen LogP contribution in [0.5, 0.6) is 0 Å². The van der Waals surface area contributed by atoms with Crippen molar-refractivity contribution < 1.29 is 48.4 Å². The minimum absolute atomic E-state index is 0.0294. The predicted molar refractivity (Wildman–Crippen MR) is 220 cm³/mol. The molecule has 2 aliphatic heterocycles. The van der Waals surface area contributed by atoms with Crippen LogP contribution < -0.4 is 65.2 Å². The van der Waals surface area contributed by atoms with Gasteiger partial charge in [0.2, 0.25) is 47.3 Å². The van der Waals surface area contributed by atoms with Crippen molar-refractivity contribution in [3.63, 3.8) is 0 Å². The number of aliphatic imine (C=N–C) groups is 1. The second-order valence-electron chi connectivity index (χ2n) is 15.1. The van der Waals surface area contributed by atoms with Crippen LogP contribution in [-0.2, 0) is 38.4 Å². The van der Waals surface area contributed by atoms with Crippen molar-refractivity contribution in [2.24, 2.45) is 34.0 Å². The average molecular weight is 870 g/mol. The van der Waals surface area contributed by atoms with Crippen molar-refractivity contribution in [2.75, 3.05) is 38.5 Å². The number of carbonyl (C=O) groups is 9. The lowest BCUT2D eigenvalue weighted by Crippen LogP contribution is -2.52. The molecular weight excluding hydrogens is 807 g/mol. The fraction of sp³-hybridized carbons (Fsp3) is 0.722. The summed E-state index contributed by atoms with van der Waals surface area (Å²) in [7, 11) is 0. The van der Waals surface area contributed by atoms with Gasteiger partial charge in [0, 0.05) is 42.9 Å². The first-order valence-electron chi connectivity index (χ1n) is 20.1. The Labute approximate surface area is 353 Å². The van der Waals surface area contributed by atoms with Crippen LogP contribution in [0.2, 0.25) is 0 Å². The number of rotatable bonds is 29. The molecule has 0 saturated carbocycles. The summed E-state index contributed by atoms with van der Waals surface area (Å²) in [5.41, 5.74) is 17.6. The number of primary amides is 1. The maximum atomic E-state index is 13.0. The highest BCUT2D eigenvalue weighted by molar-refractivity contribution is 8.00. The zero-order valence-electron chi connectivity index (χ0n) is 34.3. The first-order valence-corrected chi connectivity index (χ1v) is 21.2. The number of carbonyl (C=O) groups excluding carboxylic acids is 9. The van der Waals surface area contributed by atoms with Crippen molar-refractivity contribution in [1.29, 1.82) is 0 Å². The molecule has 0 aliphatic carbocycles. The molecule has 0 aromatic heterocycles. The summed E-state index contributed by atoms with van der Waals surface area (Å²) in [6.07, 6.45) is 4.37.